The SMILES string of the molecule is Cc1ccc(N(c2ccc(-c3ccc(-c4c5ccccc5c(-c5ccc(-c6ccc(N(c7ccc(C(C)C)cc7)c7ccc(C)cc7C)cc6)cc5)c5c6ccccc6c6ccccc6c45)cc3)cc2)c2ccc(C(C)C)cc2)c(C)c1. The highest BCUT2D eigenvalue weighted by Crippen LogP contribution is 2.50. The van der Waals surface area contributed by atoms with E-state index in [1.807, 2.05) is 0 Å². The average molecular weight is 1060 g/mol. The molecule has 0 amide bonds. The summed E-state index contributed by atoms with van der Waals surface area (Å²) in [6.07, 6.45) is 0. The Hall–Kier alpha value is -9.50. The Labute approximate surface area is 484 Å². The zero-order valence-corrected chi connectivity index (χ0v) is 48.3. The van der Waals surface area contributed by atoms with Gasteiger partial charge < -0.3 is 9.80 Å². The number of hydrogen-bond donors (Lipinski definition) is 0. The van der Waals surface area contributed by atoms with Crippen molar-refractivity contribution in [2.45, 2.75) is 67.2 Å². The largest absolute Gasteiger partial charge is 0.310 e. The van der Waals surface area contributed by atoms with Crippen LogP contribution in [0.4, 0.5) is 34.1 Å². The maximum Gasteiger partial charge on any atom is 0.0490 e. The van der Waals surface area contributed by atoms with Crippen LogP contribution in [0.2, 0.25) is 0 Å². The number of anilines is 6. The molecule has 0 heterocycles. The lowest BCUT2D eigenvalue weighted by molar-refractivity contribution is 0.866. The first-order chi connectivity index (χ1) is 40.0. The quantitative estimate of drug-likeness (QED) is 0.0889. The van der Waals surface area contributed by atoms with Crippen molar-refractivity contribution < 1.29 is 0 Å². The van der Waals surface area contributed by atoms with E-state index in [1.165, 1.54) is 132 Å². The third kappa shape index (κ3) is 9.48. The Morgan fingerprint density at radius 1 is 0.256 bits per heavy atom. The van der Waals surface area contributed by atoms with Crippen molar-refractivity contribution in [3.05, 3.63) is 288 Å². The van der Waals surface area contributed by atoms with E-state index < -0.39 is 0 Å². The van der Waals surface area contributed by atoms with Crippen molar-refractivity contribution in [3.63, 3.8) is 0 Å². The van der Waals surface area contributed by atoms with Gasteiger partial charge in [-0.15, -0.1) is 0 Å². The molecule has 0 N–H and O–H groups in total. The summed E-state index contributed by atoms with van der Waals surface area (Å²) in [5.41, 5.74) is 24.3. The minimum absolute atomic E-state index is 0.470. The zero-order chi connectivity index (χ0) is 56.2. The predicted octanol–water partition coefficient (Wildman–Crippen LogP) is 23.4. The van der Waals surface area contributed by atoms with Gasteiger partial charge in [0, 0.05) is 34.1 Å². The molecule has 0 fully saturated rings. The number of rotatable bonds is 12. The molecule has 0 aliphatic carbocycles. The topological polar surface area (TPSA) is 6.48 Å². The van der Waals surface area contributed by atoms with Crippen molar-refractivity contribution in [2.75, 3.05) is 9.80 Å². The minimum atomic E-state index is 0.470. The number of hydrogen-bond acceptors (Lipinski definition) is 2. The van der Waals surface area contributed by atoms with Crippen LogP contribution in [0.15, 0.2) is 255 Å². The Morgan fingerprint density at radius 3 is 0.829 bits per heavy atom. The van der Waals surface area contributed by atoms with Crippen LogP contribution in [-0.4, -0.2) is 0 Å². The summed E-state index contributed by atoms with van der Waals surface area (Å²) in [4.78, 5) is 4.78. The molecule has 0 saturated heterocycles. The van der Waals surface area contributed by atoms with Gasteiger partial charge in [0.25, 0.3) is 0 Å². The van der Waals surface area contributed by atoms with E-state index in [0.717, 1.165) is 22.7 Å². The van der Waals surface area contributed by atoms with E-state index in [9.17, 15) is 0 Å². The second-order valence-electron chi connectivity index (χ2n) is 23.1. The fourth-order valence-corrected chi connectivity index (χ4v) is 12.7. The number of nitrogens with zero attached hydrogens (tertiary/aromatic N) is 2. The Kier molecular flexibility index (Phi) is 13.6. The van der Waals surface area contributed by atoms with Crippen LogP contribution in [0.3, 0.4) is 0 Å². The summed E-state index contributed by atoms with van der Waals surface area (Å²) >= 11 is 0. The molecular weight excluding hydrogens is 989 g/mol. The van der Waals surface area contributed by atoms with Crippen molar-refractivity contribution in [1.29, 1.82) is 0 Å². The molecule has 0 atom stereocenters. The summed E-state index contributed by atoms with van der Waals surface area (Å²) in [6.45, 7) is 17.8. The molecule has 82 heavy (non-hydrogen) atoms. The summed E-state index contributed by atoms with van der Waals surface area (Å²) < 4.78 is 0. The lowest BCUT2D eigenvalue weighted by Crippen LogP contribution is -2.11. The van der Waals surface area contributed by atoms with E-state index >= 15 is 0 Å². The van der Waals surface area contributed by atoms with Crippen LogP contribution in [0.25, 0.3) is 87.6 Å². The fraction of sp³-hybridized carbons (Fsp3) is 0.125. The van der Waals surface area contributed by atoms with E-state index in [0.29, 0.717) is 11.8 Å². The van der Waals surface area contributed by atoms with Crippen molar-refractivity contribution in [2.24, 2.45) is 0 Å². The molecule has 2 heteroatoms. The smallest absolute Gasteiger partial charge is 0.0490 e. The van der Waals surface area contributed by atoms with Crippen LogP contribution in [0, 0.1) is 27.7 Å². The molecule has 0 unspecified atom stereocenters. The van der Waals surface area contributed by atoms with Crippen LogP contribution in [-0.2, 0) is 0 Å². The van der Waals surface area contributed by atoms with Gasteiger partial charge in [0.1, 0.15) is 0 Å². The Bertz CT molecular complexity index is 4200. The van der Waals surface area contributed by atoms with Gasteiger partial charge in [-0.3, -0.25) is 0 Å². The van der Waals surface area contributed by atoms with Crippen LogP contribution in [0.1, 0.15) is 72.9 Å². The van der Waals surface area contributed by atoms with Crippen molar-refractivity contribution in [3.8, 4) is 44.5 Å². The summed E-state index contributed by atoms with van der Waals surface area (Å²) in [5.74, 6) is 0.940. The monoisotopic (exact) mass is 1060 g/mol. The second kappa shape index (κ2) is 21.5. The third-order valence-electron chi connectivity index (χ3n) is 17.0. The number of fused-ring (bicyclic) bond motifs is 7. The fourth-order valence-electron chi connectivity index (χ4n) is 12.7. The van der Waals surface area contributed by atoms with E-state index in [-0.39, 0.29) is 0 Å². The highest BCUT2D eigenvalue weighted by molar-refractivity contribution is 6.36. The minimum Gasteiger partial charge on any atom is -0.310 e. The van der Waals surface area contributed by atoms with Gasteiger partial charge >= 0.3 is 0 Å². The summed E-state index contributed by atoms with van der Waals surface area (Å²) in [5, 5.41) is 10.1. The van der Waals surface area contributed by atoms with Gasteiger partial charge in [-0.1, -0.05) is 233 Å². The number of aryl methyl sites for hydroxylation is 4. The molecule has 0 aromatic heterocycles. The first-order valence-corrected chi connectivity index (χ1v) is 29.1. The van der Waals surface area contributed by atoms with Gasteiger partial charge in [-0.25, -0.2) is 0 Å². The molecule has 398 valence electrons. The predicted molar refractivity (Wildman–Crippen MR) is 355 cm³/mol. The molecule has 0 radical (unpaired) electrons. The third-order valence-corrected chi connectivity index (χ3v) is 17.0. The molecule has 2 nitrogen and oxygen atoms in total. The summed E-state index contributed by atoms with van der Waals surface area (Å²) in [7, 11) is 0. The van der Waals surface area contributed by atoms with Crippen LogP contribution < -0.4 is 9.80 Å². The highest BCUT2D eigenvalue weighted by atomic mass is 15.1. The van der Waals surface area contributed by atoms with Crippen molar-refractivity contribution >= 4 is 77.2 Å². The van der Waals surface area contributed by atoms with E-state index in [2.05, 4.69) is 320 Å². The van der Waals surface area contributed by atoms with Gasteiger partial charge in [0.2, 0.25) is 0 Å². The lowest BCUT2D eigenvalue weighted by atomic mass is 9.81. The molecule has 13 rings (SSSR count). The normalized spacial score (nSPS) is 11.6. The molecule has 13 aromatic carbocycles. The summed E-state index contributed by atoms with van der Waals surface area (Å²) in [6, 6.07) is 95.5. The molecule has 0 aliphatic rings. The molecule has 0 bridgehead atoms. The number of benzene rings is 13. The first kappa shape index (κ1) is 51.9. The first-order valence-electron chi connectivity index (χ1n) is 29.1. The molecular formula is C80H68N2. The van der Waals surface area contributed by atoms with E-state index in [1.54, 1.807) is 0 Å². The van der Waals surface area contributed by atoms with Gasteiger partial charge in [-0.2, -0.15) is 0 Å². The van der Waals surface area contributed by atoms with E-state index in [4.69, 9.17) is 0 Å². The average Bonchev–Trinajstić information content (AvgIpc) is 3.68. The molecule has 0 spiro atoms. The van der Waals surface area contributed by atoms with Gasteiger partial charge in [-0.05, 0) is 210 Å². The molecule has 0 saturated carbocycles. The van der Waals surface area contributed by atoms with Crippen LogP contribution in [0.5, 0.6) is 0 Å². The lowest BCUT2D eigenvalue weighted by Gasteiger charge is -2.28. The molecule has 13 aromatic rings. The Balaban J connectivity index is 0.893. The van der Waals surface area contributed by atoms with Gasteiger partial charge in [0.15, 0.2) is 0 Å². The van der Waals surface area contributed by atoms with Gasteiger partial charge in [0.05, 0.1) is 0 Å². The van der Waals surface area contributed by atoms with Crippen LogP contribution >= 0.6 is 0 Å². The maximum atomic E-state index is 2.39. The molecule has 0 aliphatic heterocycles. The Morgan fingerprint density at radius 2 is 0.524 bits per heavy atom. The maximum absolute atomic E-state index is 2.39. The standard InChI is InChI=1S/C80H68N2/c1-51(2)57-31-39-65(40-32-57)81(75-47-21-53(5)49-55(75)7)67-43-35-61(36-44-67)59-23-27-63(28-24-59)77-73-19-13-14-20-74(73)78(80-72-18-12-10-16-70(72)69-15-9-11-17-71(69)79(77)80)64-29-25-60(26-30-64)62-37-45-68(46-38-62)82(76-48-22-54(6)50-56(76)8)66-41-33-58(34-42-66)52(3)4/h9-52H,1-8H3. The zero-order valence-electron chi connectivity index (χ0n) is 48.3. The van der Waals surface area contributed by atoms with Crippen molar-refractivity contribution in [1.82, 2.24) is 0 Å². The highest BCUT2D eigenvalue weighted by Gasteiger charge is 2.23. The second-order valence-corrected chi connectivity index (χ2v) is 23.1.